The van der Waals surface area contributed by atoms with Gasteiger partial charge >= 0.3 is 0 Å². The van der Waals surface area contributed by atoms with Crippen LogP contribution in [0.3, 0.4) is 0 Å². The first-order valence-electron chi connectivity index (χ1n) is 6.66. The van der Waals surface area contributed by atoms with Gasteiger partial charge in [0, 0.05) is 20.3 Å². The third kappa shape index (κ3) is 4.81. The maximum Gasteiger partial charge on any atom is 0.0468 e. The Balaban J connectivity index is 2.09. The molecular weight excluding hydrogens is 200 g/mol. The minimum atomic E-state index is 0.557. The lowest BCUT2D eigenvalue weighted by Crippen LogP contribution is -2.32. The summed E-state index contributed by atoms with van der Waals surface area (Å²) in [5.74, 6) is 0.656. The van der Waals surface area contributed by atoms with Crippen LogP contribution >= 0.6 is 0 Å². The van der Waals surface area contributed by atoms with Crippen LogP contribution in [-0.4, -0.2) is 33.4 Å². The zero-order valence-corrected chi connectivity index (χ0v) is 10.9. The van der Waals surface area contributed by atoms with Crippen molar-refractivity contribution in [2.24, 2.45) is 17.1 Å². The van der Waals surface area contributed by atoms with Gasteiger partial charge in [0.2, 0.25) is 0 Å². The van der Waals surface area contributed by atoms with Gasteiger partial charge in [-0.15, -0.1) is 0 Å². The quantitative estimate of drug-likeness (QED) is 0.599. The highest BCUT2D eigenvalue weighted by Crippen LogP contribution is 2.48. The van der Waals surface area contributed by atoms with E-state index in [9.17, 15) is 0 Å². The number of nitrogens with two attached hydrogens (primary N) is 1. The molecule has 96 valence electrons. The molecule has 1 saturated carbocycles. The molecule has 1 aliphatic carbocycles. The highest BCUT2D eigenvalue weighted by Gasteiger charge is 2.41. The second kappa shape index (κ2) is 7.25. The molecule has 1 unspecified atom stereocenters. The van der Waals surface area contributed by atoms with E-state index in [-0.39, 0.29) is 0 Å². The Morgan fingerprint density at radius 2 is 2.19 bits per heavy atom. The van der Waals surface area contributed by atoms with Crippen LogP contribution in [0.4, 0.5) is 0 Å². The van der Waals surface area contributed by atoms with Gasteiger partial charge in [-0.05, 0) is 50.1 Å². The van der Waals surface area contributed by atoms with Crippen LogP contribution in [0.1, 0.15) is 39.0 Å². The minimum Gasteiger partial charge on any atom is -0.385 e. The number of hydrogen-bond donors (Lipinski definition) is 2. The van der Waals surface area contributed by atoms with Crippen molar-refractivity contribution in [1.82, 2.24) is 5.32 Å². The normalized spacial score (nSPS) is 19.7. The van der Waals surface area contributed by atoms with Gasteiger partial charge in [-0.1, -0.05) is 13.3 Å². The van der Waals surface area contributed by atoms with Crippen LogP contribution in [0.2, 0.25) is 0 Å². The SMILES string of the molecule is CCCC(CN)CNCC1(CCOC)CC1. The molecule has 0 aliphatic heterocycles. The average molecular weight is 228 g/mol. The number of rotatable bonds is 10. The highest BCUT2D eigenvalue weighted by molar-refractivity contribution is 4.94. The monoisotopic (exact) mass is 228 g/mol. The molecule has 3 N–H and O–H groups in total. The summed E-state index contributed by atoms with van der Waals surface area (Å²) in [6, 6.07) is 0. The van der Waals surface area contributed by atoms with Gasteiger partial charge in [-0.25, -0.2) is 0 Å². The van der Waals surface area contributed by atoms with E-state index in [1.807, 2.05) is 0 Å². The molecular formula is C13H28N2O. The number of methoxy groups -OCH3 is 1. The molecule has 0 bridgehead atoms. The van der Waals surface area contributed by atoms with Gasteiger partial charge in [-0.2, -0.15) is 0 Å². The fraction of sp³-hybridized carbons (Fsp3) is 1.00. The Morgan fingerprint density at radius 3 is 2.69 bits per heavy atom. The molecule has 3 nitrogen and oxygen atoms in total. The molecule has 0 amide bonds. The predicted molar refractivity (Wildman–Crippen MR) is 68.5 cm³/mol. The van der Waals surface area contributed by atoms with Gasteiger partial charge in [-0.3, -0.25) is 0 Å². The van der Waals surface area contributed by atoms with E-state index in [2.05, 4.69) is 12.2 Å². The summed E-state index contributed by atoms with van der Waals surface area (Å²) in [6.45, 7) is 6.17. The van der Waals surface area contributed by atoms with E-state index in [0.717, 1.165) is 26.2 Å². The molecule has 1 atom stereocenters. The van der Waals surface area contributed by atoms with Crippen LogP contribution in [0, 0.1) is 11.3 Å². The first-order chi connectivity index (χ1) is 7.76. The summed E-state index contributed by atoms with van der Waals surface area (Å²) in [6.07, 6.45) is 6.42. The van der Waals surface area contributed by atoms with E-state index in [4.69, 9.17) is 10.5 Å². The van der Waals surface area contributed by atoms with E-state index < -0.39 is 0 Å². The van der Waals surface area contributed by atoms with Crippen LogP contribution < -0.4 is 11.1 Å². The Kier molecular flexibility index (Phi) is 6.32. The second-order valence-corrected chi connectivity index (χ2v) is 5.26. The molecule has 1 aliphatic rings. The minimum absolute atomic E-state index is 0.557. The standard InChI is InChI=1S/C13H28N2O/c1-3-4-12(9-14)10-15-11-13(5-6-13)7-8-16-2/h12,15H,3-11,14H2,1-2H3. The molecule has 0 aromatic carbocycles. The van der Waals surface area contributed by atoms with E-state index in [1.165, 1.54) is 32.1 Å². The van der Waals surface area contributed by atoms with Crippen molar-refractivity contribution in [1.29, 1.82) is 0 Å². The summed E-state index contributed by atoms with van der Waals surface area (Å²) in [4.78, 5) is 0. The highest BCUT2D eigenvalue weighted by atomic mass is 16.5. The fourth-order valence-electron chi connectivity index (χ4n) is 2.26. The first-order valence-corrected chi connectivity index (χ1v) is 6.66. The zero-order valence-electron chi connectivity index (χ0n) is 10.9. The van der Waals surface area contributed by atoms with Crippen molar-refractivity contribution in [3.8, 4) is 0 Å². The summed E-state index contributed by atoms with van der Waals surface area (Å²) < 4.78 is 5.16. The molecule has 1 rings (SSSR count). The molecule has 0 radical (unpaired) electrons. The molecule has 0 aromatic rings. The summed E-state index contributed by atoms with van der Waals surface area (Å²) in [5, 5.41) is 3.60. The molecule has 0 heterocycles. The Bertz CT molecular complexity index is 181. The van der Waals surface area contributed by atoms with Crippen LogP contribution in [0.15, 0.2) is 0 Å². The molecule has 0 saturated heterocycles. The van der Waals surface area contributed by atoms with Crippen molar-refractivity contribution >= 4 is 0 Å². The molecule has 0 spiro atoms. The van der Waals surface area contributed by atoms with E-state index >= 15 is 0 Å². The Morgan fingerprint density at radius 1 is 1.44 bits per heavy atom. The van der Waals surface area contributed by atoms with Crippen molar-refractivity contribution < 1.29 is 4.74 Å². The summed E-state index contributed by atoms with van der Waals surface area (Å²) in [7, 11) is 1.79. The first kappa shape index (κ1) is 13.9. The fourth-order valence-corrected chi connectivity index (χ4v) is 2.26. The maximum absolute atomic E-state index is 5.74. The van der Waals surface area contributed by atoms with E-state index in [1.54, 1.807) is 7.11 Å². The van der Waals surface area contributed by atoms with E-state index in [0.29, 0.717) is 11.3 Å². The topological polar surface area (TPSA) is 47.3 Å². The summed E-state index contributed by atoms with van der Waals surface area (Å²) >= 11 is 0. The lowest BCUT2D eigenvalue weighted by atomic mass is 10.0. The second-order valence-electron chi connectivity index (χ2n) is 5.26. The summed E-state index contributed by atoms with van der Waals surface area (Å²) in [5.41, 5.74) is 6.30. The van der Waals surface area contributed by atoms with Crippen molar-refractivity contribution in [2.45, 2.75) is 39.0 Å². The average Bonchev–Trinajstić information content (AvgIpc) is 3.06. The van der Waals surface area contributed by atoms with Gasteiger partial charge in [0.25, 0.3) is 0 Å². The van der Waals surface area contributed by atoms with Crippen LogP contribution in [-0.2, 0) is 4.74 Å². The smallest absolute Gasteiger partial charge is 0.0468 e. The Labute approximate surface area is 100 Å². The number of nitrogens with one attached hydrogen (secondary N) is 1. The lowest BCUT2D eigenvalue weighted by Gasteiger charge is -2.19. The maximum atomic E-state index is 5.74. The third-order valence-electron chi connectivity index (χ3n) is 3.76. The molecule has 16 heavy (non-hydrogen) atoms. The van der Waals surface area contributed by atoms with Crippen molar-refractivity contribution in [2.75, 3.05) is 33.4 Å². The van der Waals surface area contributed by atoms with Gasteiger partial charge < -0.3 is 15.8 Å². The van der Waals surface area contributed by atoms with Crippen molar-refractivity contribution in [3.05, 3.63) is 0 Å². The molecule has 3 heteroatoms. The van der Waals surface area contributed by atoms with Gasteiger partial charge in [0.05, 0.1) is 0 Å². The number of hydrogen-bond acceptors (Lipinski definition) is 3. The largest absolute Gasteiger partial charge is 0.385 e. The zero-order chi connectivity index (χ0) is 11.9. The van der Waals surface area contributed by atoms with Gasteiger partial charge in [0.1, 0.15) is 0 Å². The van der Waals surface area contributed by atoms with Crippen LogP contribution in [0.25, 0.3) is 0 Å². The predicted octanol–water partition coefficient (Wildman–Crippen LogP) is 1.77. The van der Waals surface area contributed by atoms with Crippen molar-refractivity contribution in [3.63, 3.8) is 0 Å². The number of ether oxygens (including phenoxy) is 1. The third-order valence-corrected chi connectivity index (χ3v) is 3.76. The Hall–Kier alpha value is -0.120. The lowest BCUT2D eigenvalue weighted by molar-refractivity contribution is 0.171. The van der Waals surface area contributed by atoms with Gasteiger partial charge in [0.15, 0.2) is 0 Å². The molecule has 0 aromatic heterocycles. The molecule has 1 fully saturated rings. The van der Waals surface area contributed by atoms with Crippen LogP contribution in [0.5, 0.6) is 0 Å².